The van der Waals surface area contributed by atoms with Crippen LogP contribution in [0.15, 0.2) is 67.0 Å². The van der Waals surface area contributed by atoms with Gasteiger partial charge in [-0.25, -0.2) is 9.97 Å². The first-order valence-electron chi connectivity index (χ1n) is 14.7. The molecule has 8 nitrogen and oxygen atoms in total. The molecule has 0 spiro atoms. The number of carboxylic acids is 1. The monoisotopic (exact) mass is 701 g/mol. The van der Waals surface area contributed by atoms with Gasteiger partial charge in [-0.15, -0.1) is 0 Å². The SMILES string of the molecule is COc1ccc(C(C)C)cc1-c1ccc(O)cc1CN(Cc1cc(C(F)(F)F)cc(C(F)(F)F)c1)c1ncc(OCCCC(=O)O)cn1.[H-].[Na+]. The maximum absolute atomic E-state index is 13.7. The standard InChI is InChI=1S/C34H33F6N3O5.Na.H/c1-20(2)22-6-9-30(47-3)29(14-22)28-8-7-26(44)13-23(28)19-43(32-41-16-27(17-42-32)48-10-4-5-31(45)46)18-21-11-24(33(35,36)37)15-25(12-21)34(38,39)40;;/h6-9,11-17,20,44H,4-5,10,18-19H2,1-3H3,(H,45,46);;/q;+1;-1. The molecule has 258 valence electrons. The zero-order valence-electron chi connectivity index (χ0n) is 28.2. The second-order valence-electron chi connectivity index (χ2n) is 11.3. The molecule has 0 saturated heterocycles. The molecule has 0 aliphatic carbocycles. The Bertz CT molecular complexity index is 1710. The van der Waals surface area contributed by atoms with Crippen molar-refractivity contribution in [2.24, 2.45) is 0 Å². The zero-order valence-corrected chi connectivity index (χ0v) is 29.2. The van der Waals surface area contributed by atoms with Crippen molar-refractivity contribution in [1.82, 2.24) is 9.97 Å². The molecule has 0 aliphatic heterocycles. The van der Waals surface area contributed by atoms with E-state index < -0.39 is 36.0 Å². The van der Waals surface area contributed by atoms with Crippen LogP contribution in [0.25, 0.3) is 11.1 Å². The molecule has 2 N–H and O–H groups in total. The van der Waals surface area contributed by atoms with Crippen molar-refractivity contribution in [1.29, 1.82) is 0 Å². The Morgan fingerprint density at radius 3 is 2.08 bits per heavy atom. The number of anilines is 1. The second-order valence-corrected chi connectivity index (χ2v) is 11.3. The molecule has 0 saturated carbocycles. The number of ether oxygens (including phenoxy) is 2. The number of aromatic nitrogens is 2. The van der Waals surface area contributed by atoms with Gasteiger partial charge in [-0.2, -0.15) is 26.3 Å². The van der Waals surface area contributed by atoms with Crippen molar-refractivity contribution in [3.8, 4) is 28.4 Å². The van der Waals surface area contributed by atoms with Gasteiger partial charge >= 0.3 is 47.9 Å². The van der Waals surface area contributed by atoms with Crippen molar-refractivity contribution in [2.45, 2.75) is 58.0 Å². The molecule has 0 atom stereocenters. The molecule has 0 fully saturated rings. The van der Waals surface area contributed by atoms with E-state index in [0.717, 1.165) is 5.56 Å². The smallest absolute Gasteiger partial charge is 1.00 e. The second kappa shape index (κ2) is 16.6. The summed E-state index contributed by atoms with van der Waals surface area (Å²) in [6.45, 7) is 3.42. The molecule has 0 radical (unpaired) electrons. The number of methoxy groups -OCH3 is 1. The van der Waals surface area contributed by atoms with E-state index in [2.05, 4.69) is 9.97 Å². The summed E-state index contributed by atoms with van der Waals surface area (Å²) in [5.41, 5.74) is -0.560. The molecule has 0 amide bonds. The van der Waals surface area contributed by atoms with E-state index in [1.165, 1.54) is 36.5 Å². The van der Waals surface area contributed by atoms with E-state index in [1.807, 2.05) is 26.0 Å². The number of alkyl halides is 6. The minimum atomic E-state index is -5.05. The Kier molecular flexibility index (Phi) is 13.4. The predicted octanol–water partition coefficient (Wildman–Crippen LogP) is 5.59. The summed E-state index contributed by atoms with van der Waals surface area (Å²) in [7, 11) is 1.49. The molecule has 15 heteroatoms. The molecule has 4 aromatic rings. The fourth-order valence-corrected chi connectivity index (χ4v) is 4.96. The number of aromatic hydroxyl groups is 1. The van der Waals surface area contributed by atoms with E-state index >= 15 is 0 Å². The molecular formula is C34H34F6N3NaO5. The third kappa shape index (κ3) is 10.7. The summed E-state index contributed by atoms with van der Waals surface area (Å²) in [5, 5.41) is 19.3. The number of nitrogens with zero attached hydrogens (tertiary/aromatic N) is 3. The number of carbonyl (C=O) groups is 1. The van der Waals surface area contributed by atoms with Gasteiger partial charge in [-0.05, 0) is 77.1 Å². The molecule has 0 aliphatic rings. The van der Waals surface area contributed by atoms with Crippen LogP contribution in [-0.2, 0) is 30.2 Å². The van der Waals surface area contributed by atoms with E-state index in [0.29, 0.717) is 34.6 Å². The number of hydrogen-bond acceptors (Lipinski definition) is 7. The van der Waals surface area contributed by atoms with Crippen LogP contribution in [0.2, 0.25) is 0 Å². The summed E-state index contributed by atoms with van der Waals surface area (Å²) >= 11 is 0. The van der Waals surface area contributed by atoms with Crippen LogP contribution < -0.4 is 43.9 Å². The van der Waals surface area contributed by atoms with Crippen molar-refractivity contribution in [3.05, 3.63) is 94.8 Å². The average molecular weight is 702 g/mol. The van der Waals surface area contributed by atoms with E-state index in [4.69, 9.17) is 14.6 Å². The Labute approximate surface area is 302 Å². The van der Waals surface area contributed by atoms with Gasteiger partial charge in [-0.3, -0.25) is 4.79 Å². The van der Waals surface area contributed by atoms with E-state index in [9.17, 15) is 36.2 Å². The molecule has 0 unspecified atom stereocenters. The number of phenolic OH excluding ortho intramolecular Hbond substituents is 1. The Morgan fingerprint density at radius 1 is 0.898 bits per heavy atom. The van der Waals surface area contributed by atoms with Gasteiger partial charge in [0.1, 0.15) is 11.5 Å². The van der Waals surface area contributed by atoms with Crippen molar-refractivity contribution < 1.29 is 81.8 Å². The Morgan fingerprint density at radius 2 is 1.53 bits per heavy atom. The number of aliphatic carboxylic acids is 1. The first-order chi connectivity index (χ1) is 22.5. The van der Waals surface area contributed by atoms with Crippen LogP contribution in [0.3, 0.4) is 0 Å². The Balaban J connectivity index is 0.00000433. The summed E-state index contributed by atoms with van der Waals surface area (Å²) < 4.78 is 93.4. The first kappa shape index (κ1) is 39.4. The zero-order chi connectivity index (χ0) is 35.2. The van der Waals surface area contributed by atoms with Crippen LogP contribution >= 0.6 is 0 Å². The number of rotatable bonds is 13. The number of phenols is 1. The molecule has 3 aromatic carbocycles. The largest absolute Gasteiger partial charge is 1.00 e. The van der Waals surface area contributed by atoms with Crippen LogP contribution in [0.4, 0.5) is 32.3 Å². The molecule has 0 bridgehead atoms. The fourth-order valence-electron chi connectivity index (χ4n) is 4.96. The summed E-state index contributed by atoms with van der Waals surface area (Å²) in [6, 6.07) is 11.5. The molecule has 1 heterocycles. The van der Waals surface area contributed by atoms with Crippen molar-refractivity contribution >= 4 is 11.9 Å². The third-order valence-electron chi connectivity index (χ3n) is 7.35. The summed E-state index contributed by atoms with van der Waals surface area (Å²) in [5.74, 6) is -0.354. The van der Waals surface area contributed by atoms with Gasteiger partial charge < -0.3 is 26.0 Å². The normalized spacial score (nSPS) is 11.6. The maximum atomic E-state index is 13.7. The van der Waals surface area contributed by atoms with Crippen LogP contribution in [0.5, 0.6) is 17.2 Å². The van der Waals surface area contributed by atoms with Gasteiger partial charge in [0.05, 0.1) is 37.2 Å². The quantitative estimate of drug-likeness (QED) is 0.106. The van der Waals surface area contributed by atoms with Crippen LogP contribution in [-0.4, -0.2) is 39.9 Å². The summed E-state index contributed by atoms with van der Waals surface area (Å²) in [4.78, 5) is 20.7. The summed E-state index contributed by atoms with van der Waals surface area (Å²) in [6.07, 6.45) is -7.48. The third-order valence-corrected chi connectivity index (χ3v) is 7.35. The van der Waals surface area contributed by atoms with E-state index in [1.54, 1.807) is 12.1 Å². The van der Waals surface area contributed by atoms with Crippen LogP contribution in [0.1, 0.15) is 61.9 Å². The molecule has 49 heavy (non-hydrogen) atoms. The minimum absolute atomic E-state index is 0. The molecule has 1 aromatic heterocycles. The molecular weight excluding hydrogens is 667 g/mol. The van der Waals surface area contributed by atoms with Gasteiger partial charge in [0, 0.05) is 25.1 Å². The average Bonchev–Trinajstić information content (AvgIpc) is 3.02. The predicted molar refractivity (Wildman–Crippen MR) is 166 cm³/mol. The van der Waals surface area contributed by atoms with Gasteiger partial charge in [0.25, 0.3) is 0 Å². The van der Waals surface area contributed by atoms with Crippen molar-refractivity contribution in [2.75, 3.05) is 18.6 Å². The number of benzene rings is 3. The van der Waals surface area contributed by atoms with Crippen molar-refractivity contribution in [3.63, 3.8) is 0 Å². The van der Waals surface area contributed by atoms with Crippen LogP contribution in [0, 0.1) is 0 Å². The van der Waals surface area contributed by atoms with E-state index in [-0.39, 0.29) is 92.0 Å². The topological polar surface area (TPSA) is 105 Å². The van der Waals surface area contributed by atoms with Gasteiger partial charge in [0.15, 0.2) is 5.75 Å². The minimum Gasteiger partial charge on any atom is -1.00 e. The molecule has 4 rings (SSSR count). The number of carboxylic acid groups (broad SMARTS) is 1. The number of halogens is 6. The fraction of sp³-hybridized carbons (Fsp3) is 0.324. The maximum Gasteiger partial charge on any atom is 1.00 e. The van der Waals surface area contributed by atoms with Gasteiger partial charge in [0.2, 0.25) is 5.95 Å². The number of hydrogen-bond donors (Lipinski definition) is 2. The Hall–Kier alpha value is -4.01. The first-order valence-corrected chi connectivity index (χ1v) is 14.7. The van der Waals surface area contributed by atoms with Gasteiger partial charge in [-0.1, -0.05) is 26.0 Å².